The molecule has 7 atom stereocenters. The number of nitrogens with zero attached hydrogens (tertiary/aromatic N) is 7. The van der Waals surface area contributed by atoms with Crippen LogP contribution in [-0.4, -0.2) is 102 Å². The van der Waals surface area contributed by atoms with Crippen LogP contribution in [0.3, 0.4) is 0 Å². The molecule has 0 saturated carbocycles. The number of aromatic nitrogens is 8. The summed E-state index contributed by atoms with van der Waals surface area (Å²) in [6.45, 7) is -1.50. The largest absolute Gasteiger partial charge is 0.350 e. The summed E-state index contributed by atoms with van der Waals surface area (Å²) in [5.74, 6) is -1.19. The molecule has 0 radical (unpaired) electrons. The van der Waals surface area contributed by atoms with E-state index in [2.05, 4.69) is 45.3 Å². The highest BCUT2D eigenvalue weighted by molar-refractivity contribution is 8.07. The maximum Gasteiger partial charge on any atom is 0.336 e. The molecular weight excluding hydrogens is 798 g/mol. The summed E-state index contributed by atoms with van der Waals surface area (Å²) in [5.41, 5.74) is 0.229. The summed E-state index contributed by atoms with van der Waals surface area (Å²) in [6.07, 6.45) is -2.24. The van der Waals surface area contributed by atoms with E-state index in [9.17, 15) is 27.7 Å². The second-order valence-electron chi connectivity index (χ2n) is 13.3. The summed E-state index contributed by atoms with van der Waals surface area (Å²) in [6, 6.07) is 8.54. The van der Waals surface area contributed by atoms with Crippen molar-refractivity contribution in [2.24, 2.45) is 5.92 Å². The molecule has 0 aliphatic carbocycles. The lowest BCUT2D eigenvalue weighted by molar-refractivity contribution is -0.118. The van der Waals surface area contributed by atoms with Gasteiger partial charge in [-0.15, -0.1) is 0 Å². The highest BCUT2D eigenvalue weighted by Crippen LogP contribution is 2.50. The van der Waals surface area contributed by atoms with Gasteiger partial charge in [-0.25, -0.2) is 19.9 Å². The highest BCUT2D eigenvalue weighted by Gasteiger charge is 2.45. The van der Waals surface area contributed by atoms with Gasteiger partial charge in [0.1, 0.15) is 30.9 Å². The van der Waals surface area contributed by atoms with Gasteiger partial charge in [-0.2, -0.15) is 18.1 Å². The van der Waals surface area contributed by atoms with E-state index in [0.29, 0.717) is 5.56 Å². The third-order valence-corrected chi connectivity index (χ3v) is 11.8. The number of hydrogen-bond donors (Lipinski definition) is 5. The van der Waals surface area contributed by atoms with Crippen LogP contribution >= 0.6 is 6.72 Å². The number of ether oxygens (including phenoxy) is 2. The van der Waals surface area contributed by atoms with Crippen molar-refractivity contribution >= 4 is 74.7 Å². The molecule has 1 unspecified atom stereocenters. The van der Waals surface area contributed by atoms with Crippen molar-refractivity contribution < 1.29 is 45.6 Å². The Morgan fingerprint density at radius 3 is 2.54 bits per heavy atom. The molecule has 5 N–H and O–H groups in total. The molecule has 1 aromatic carbocycles. The molecule has 3 fully saturated rings. The number of anilines is 2. The number of aromatic amines is 1. The smallest absolute Gasteiger partial charge is 0.336 e. The van der Waals surface area contributed by atoms with E-state index in [1.807, 2.05) is 0 Å². The summed E-state index contributed by atoms with van der Waals surface area (Å²) < 4.78 is 61.6. The Kier molecular flexibility index (Phi) is 10.3. The van der Waals surface area contributed by atoms with Gasteiger partial charge in [0.2, 0.25) is 11.9 Å². The lowest BCUT2D eigenvalue weighted by Gasteiger charge is -2.26. The molecule has 25 heteroatoms. The van der Waals surface area contributed by atoms with Gasteiger partial charge in [-0.3, -0.25) is 38.0 Å². The standard InChI is InChI=1S/C31H34N11O11PS2/c1-15(2)27(43)39-31-38-26-23(29(45)40-31)35-14-42(26)30-19-8-17(50-30)10-36-56(47,48)53-18-9-21(51-20(18)11-49-54(46,55)52-19)41-13-34-22-24(32-12-33-25(22)41)37-28(44)16-6-4-3-5-7-16/h3-7,12-15,17-21,30,36H,8-11H2,1-2H3,(H,46,55)(H,32,33,37,44)(H2,38,39,40,43,45)/t17-,18-,19+,20+,21+,30+,54?/m0/s1. The lowest BCUT2D eigenvalue weighted by Crippen LogP contribution is -2.38. The first-order valence-electron chi connectivity index (χ1n) is 17.2. The van der Waals surface area contributed by atoms with Crippen LogP contribution in [0.5, 0.6) is 0 Å². The molecule has 7 heterocycles. The minimum absolute atomic E-state index is 0.0143. The molecule has 5 aromatic rings. The molecule has 2 bridgehead atoms. The minimum atomic E-state index is -4.45. The van der Waals surface area contributed by atoms with Crippen molar-refractivity contribution in [2.45, 2.75) is 63.6 Å². The Morgan fingerprint density at radius 2 is 1.75 bits per heavy atom. The van der Waals surface area contributed by atoms with Crippen molar-refractivity contribution in [1.82, 2.24) is 43.8 Å². The van der Waals surface area contributed by atoms with Gasteiger partial charge in [0.25, 0.3) is 11.5 Å². The maximum absolute atomic E-state index is 13.3. The fourth-order valence-corrected chi connectivity index (χ4v) is 8.86. The van der Waals surface area contributed by atoms with E-state index in [0.717, 1.165) is 0 Å². The van der Waals surface area contributed by atoms with Crippen LogP contribution in [0.1, 0.15) is 49.5 Å². The van der Waals surface area contributed by atoms with Crippen LogP contribution in [0.25, 0.3) is 22.3 Å². The molecule has 3 aliphatic rings. The van der Waals surface area contributed by atoms with Crippen LogP contribution in [-0.2, 0) is 49.6 Å². The highest BCUT2D eigenvalue weighted by atomic mass is 32.5. The SMILES string of the molecule is CC(C)C(=O)Nc1nc2c(ncn2[C@@H]2O[C@@H]3CNS(=O)(=O)O[C@H]4C[C@H](n5cnc6c(NC(=O)c7ccccc7)ncnc65)O[C@@H]4COP(O)(=S)O[C@@H]2C3)c(=O)[nH]1. The Hall–Kier alpha value is -4.62. The molecule has 8 rings (SSSR count). The van der Waals surface area contributed by atoms with Gasteiger partial charge in [-0.05, 0) is 23.9 Å². The number of rotatable bonds is 6. The quantitative estimate of drug-likeness (QED) is 0.151. The summed E-state index contributed by atoms with van der Waals surface area (Å²) in [5, 5.41) is 5.27. The second kappa shape index (κ2) is 15.0. The van der Waals surface area contributed by atoms with Crippen LogP contribution < -0.4 is 20.9 Å². The van der Waals surface area contributed by atoms with E-state index in [-0.39, 0.29) is 53.5 Å². The first-order chi connectivity index (χ1) is 26.7. The number of amides is 2. The maximum atomic E-state index is 13.3. The van der Waals surface area contributed by atoms with Crippen molar-refractivity contribution in [3.05, 3.63) is 65.2 Å². The number of fused-ring (bicyclic) bond motifs is 5. The fraction of sp³-hybridized carbons (Fsp3) is 0.419. The summed E-state index contributed by atoms with van der Waals surface area (Å²) >= 11 is 5.40. The molecule has 3 aliphatic heterocycles. The zero-order valence-corrected chi connectivity index (χ0v) is 31.9. The van der Waals surface area contributed by atoms with E-state index in [1.165, 1.54) is 28.1 Å². The van der Waals surface area contributed by atoms with Crippen LogP contribution in [0, 0.1) is 5.92 Å². The van der Waals surface area contributed by atoms with Crippen molar-refractivity contribution in [2.75, 3.05) is 23.8 Å². The molecule has 296 valence electrons. The van der Waals surface area contributed by atoms with Gasteiger partial charge in [0.15, 0.2) is 34.4 Å². The van der Waals surface area contributed by atoms with E-state index in [1.54, 1.807) is 44.2 Å². The monoisotopic (exact) mass is 831 g/mol. The lowest BCUT2D eigenvalue weighted by atomic mass is 10.2. The first-order valence-corrected chi connectivity index (χ1v) is 21.2. The fourth-order valence-electron chi connectivity index (χ4n) is 6.43. The molecule has 22 nitrogen and oxygen atoms in total. The first kappa shape index (κ1) is 38.3. The minimum Gasteiger partial charge on any atom is -0.350 e. The molecule has 56 heavy (non-hydrogen) atoms. The Labute approximate surface area is 321 Å². The topological polar surface area (TPSA) is 278 Å². The number of hydrogen-bond acceptors (Lipinski definition) is 16. The molecule has 0 spiro atoms. The van der Waals surface area contributed by atoms with Crippen LogP contribution in [0.4, 0.5) is 11.8 Å². The molecular formula is C31H34N11O11PS2. The van der Waals surface area contributed by atoms with Crippen LogP contribution in [0.2, 0.25) is 0 Å². The van der Waals surface area contributed by atoms with Gasteiger partial charge in [0, 0.05) is 30.9 Å². The van der Waals surface area contributed by atoms with Crippen molar-refractivity contribution in [3.8, 4) is 0 Å². The number of nitrogens with one attached hydrogen (secondary N) is 4. The number of carbonyl (C=O) groups excluding carboxylic acids is 2. The average Bonchev–Trinajstić information content (AvgIpc) is 3.95. The zero-order chi connectivity index (χ0) is 39.4. The van der Waals surface area contributed by atoms with Crippen LogP contribution in [0.15, 0.2) is 54.1 Å². The number of carbonyl (C=O) groups is 2. The van der Waals surface area contributed by atoms with E-state index in [4.69, 9.17) is 34.5 Å². The number of H-pyrrole nitrogens is 1. The third kappa shape index (κ3) is 7.84. The van der Waals surface area contributed by atoms with E-state index < -0.39 is 83.8 Å². The van der Waals surface area contributed by atoms with Crippen molar-refractivity contribution in [1.29, 1.82) is 0 Å². The normalized spacial score (nSPS) is 28.0. The van der Waals surface area contributed by atoms with Gasteiger partial charge in [-0.1, -0.05) is 32.0 Å². The molecule has 2 amide bonds. The predicted molar refractivity (Wildman–Crippen MR) is 198 cm³/mol. The molecule has 4 aromatic heterocycles. The Morgan fingerprint density at radius 1 is 0.982 bits per heavy atom. The second-order valence-corrected chi connectivity index (χ2v) is 17.5. The predicted octanol–water partition coefficient (Wildman–Crippen LogP) is 1.23. The van der Waals surface area contributed by atoms with E-state index >= 15 is 0 Å². The average molecular weight is 832 g/mol. The molecule has 3 saturated heterocycles. The Bertz CT molecular complexity index is 2530. The zero-order valence-electron chi connectivity index (χ0n) is 29.4. The Balaban J connectivity index is 1.03. The van der Waals surface area contributed by atoms with Gasteiger partial charge >= 0.3 is 17.0 Å². The van der Waals surface area contributed by atoms with Gasteiger partial charge in [0.05, 0.1) is 25.4 Å². The number of benzene rings is 1. The number of imidazole rings is 2. The van der Waals surface area contributed by atoms with Gasteiger partial charge < -0.3 is 28.7 Å². The summed E-state index contributed by atoms with van der Waals surface area (Å²) in [7, 11) is -4.45. The third-order valence-electron chi connectivity index (χ3n) is 9.14. The summed E-state index contributed by atoms with van der Waals surface area (Å²) in [4.78, 5) is 73.2. The van der Waals surface area contributed by atoms with Crippen molar-refractivity contribution in [3.63, 3.8) is 0 Å².